The van der Waals surface area contributed by atoms with Gasteiger partial charge in [-0.3, -0.25) is 9.79 Å². The number of guanidine groups is 1. The molecule has 0 bridgehead atoms. The number of halogens is 2. The van der Waals surface area contributed by atoms with E-state index >= 15 is 0 Å². The number of benzene rings is 2. The second kappa shape index (κ2) is 10.2. The van der Waals surface area contributed by atoms with Gasteiger partial charge in [0.2, 0.25) is 0 Å². The van der Waals surface area contributed by atoms with Crippen molar-refractivity contribution < 1.29 is 4.79 Å². The molecule has 7 heteroatoms. The van der Waals surface area contributed by atoms with Crippen LogP contribution < -0.4 is 16.0 Å². The largest absolute Gasteiger partial charge is 0.356 e. The molecule has 2 aromatic carbocycles. The highest BCUT2D eigenvalue weighted by Crippen LogP contribution is 2.48. The van der Waals surface area contributed by atoms with Crippen molar-refractivity contribution in [1.82, 2.24) is 16.0 Å². The van der Waals surface area contributed by atoms with Crippen LogP contribution in [-0.2, 0) is 12.0 Å². The molecule has 1 saturated carbocycles. The smallest absolute Gasteiger partial charge is 0.251 e. The number of nitrogens with one attached hydrogen (secondary N) is 3. The number of nitrogens with zero attached hydrogens (tertiary/aromatic N) is 1. The van der Waals surface area contributed by atoms with Crippen molar-refractivity contribution in [3.63, 3.8) is 0 Å². The van der Waals surface area contributed by atoms with E-state index in [0.717, 1.165) is 22.5 Å². The lowest BCUT2D eigenvalue weighted by Crippen LogP contribution is -2.40. The van der Waals surface area contributed by atoms with Gasteiger partial charge in [-0.15, -0.1) is 24.0 Å². The fourth-order valence-electron chi connectivity index (χ4n) is 3.11. The Morgan fingerprint density at radius 3 is 2.43 bits per heavy atom. The Morgan fingerprint density at radius 2 is 1.86 bits per heavy atom. The molecule has 0 radical (unpaired) electrons. The van der Waals surface area contributed by atoms with Gasteiger partial charge in [-0.1, -0.05) is 40.2 Å². The van der Waals surface area contributed by atoms with Crippen molar-refractivity contribution in [2.24, 2.45) is 4.99 Å². The van der Waals surface area contributed by atoms with Crippen LogP contribution >= 0.6 is 39.9 Å². The van der Waals surface area contributed by atoms with E-state index in [1.54, 1.807) is 14.1 Å². The van der Waals surface area contributed by atoms with Crippen molar-refractivity contribution in [2.75, 3.05) is 20.6 Å². The van der Waals surface area contributed by atoms with Crippen LogP contribution in [0.25, 0.3) is 0 Å². The second-order valence-corrected chi connectivity index (χ2v) is 7.76. The van der Waals surface area contributed by atoms with E-state index in [2.05, 4.69) is 61.1 Å². The van der Waals surface area contributed by atoms with E-state index in [0.29, 0.717) is 12.1 Å². The van der Waals surface area contributed by atoms with E-state index in [1.807, 2.05) is 24.3 Å². The average Bonchev–Trinajstić information content (AvgIpc) is 3.49. The molecule has 28 heavy (non-hydrogen) atoms. The fraction of sp³-hybridized carbons (Fsp3) is 0.333. The summed E-state index contributed by atoms with van der Waals surface area (Å²) in [4.78, 5) is 15.9. The topological polar surface area (TPSA) is 65.5 Å². The number of hydrogen-bond donors (Lipinski definition) is 3. The molecule has 2 aromatic rings. The Morgan fingerprint density at radius 1 is 1.14 bits per heavy atom. The molecule has 0 heterocycles. The lowest BCUT2D eigenvalue weighted by atomic mass is 9.96. The van der Waals surface area contributed by atoms with Crippen LogP contribution in [0.3, 0.4) is 0 Å². The third-order valence-corrected chi connectivity index (χ3v) is 5.50. The van der Waals surface area contributed by atoms with Crippen LogP contribution in [0.2, 0.25) is 0 Å². The molecule has 0 aliphatic heterocycles. The first-order valence-electron chi connectivity index (χ1n) is 9.08. The third kappa shape index (κ3) is 5.70. The lowest BCUT2D eigenvalue weighted by molar-refractivity contribution is 0.0963. The SMILES string of the molecule is CN=C(NCc1ccc(C(=O)NC)cc1)NCC1(c2cccc(Br)c2)CC1.I. The molecule has 0 saturated heterocycles. The Bertz CT molecular complexity index is 835. The highest BCUT2D eigenvalue weighted by atomic mass is 127. The van der Waals surface area contributed by atoms with Crippen molar-refractivity contribution in [3.8, 4) is 0 Å². The van der Waals surface area contributed by atoms with Crippen molar-refractivity contribution >= 4 is 51.8 Å². The molecular formula is C21H26BrIN4O. The predicted octanol–water partition coefficient (Wildman–Crippen LogP) is 3.82. The van der Waals surface area contributed by atoms with Crippen LogP contribution in [0.5, 0.6) is 0 Å². The summed E-state index contributed by atoms with van der Waals surface area (Å²) in [6.07, 6.45) is 2.38. The summed E-state index contributed by atoms with van der Waals surface area (Å²) in [6.45, 7) is 1.51. The molecule has 1 amide bonds. The molecule has 0 atom stereocenters. The molecule has 1 aliphatic rings. The number of carbonyl (C=O) groups excluding carboxylic acids is 1. The maximum atomic E-state index is 11.6. The molecule has 150 valence electrons. The number of rotatable bonds is 6. The summed E-state index contributed by atoms with van der Waals surface area (Å²) in [7, 11) is 3.41. The molecule has 0 aromatic heterocycles. The minimum absolute atomic E-state index is 0. The minimum Gasteiger partial charge on any atom is -0.356 e. The van der Waals surface area contributed by atoms with E-state index in [1.165, 1.54) is 18.4 Å². The zero-order chi connectivity index (χ0) is 19.3. The van der Waals surface area contributed by atoms with Gasteiger partial charge >= 0.3 is 0 Å². The van der Waals surface area contributed by atoms with Gasteiger partial charge in [0.15, 0.2) is 5.96 Å². The maximum absolute atomic E-state index is 11.6. The van der Waals surface area contributed by atoms with Gasteiger partial charge in [-0.2, -0.15) is 0 Å². The summed E-state index contributed by atoms with van der Waals surface area (Å²) in [5.41, 5.74) is 3.33. The first-order valence-corrected chi connectivity index (χ1v) is 9.87. The van der Waals surface area contributed by atoms with Gasteiger partial charge in [0.1, 0.15) is 0 Å². The van der Waals surface area contributed by atoms with Gasteiger partial charge in [0.05, 0.1) is 0 Å². The minimum atomic E-state index is -0.0748. The predicted molar refractivity (Wildman–Crippen MR) is 129 cm³/mol. The first kappa shape index (κ1) is 22.7. The zero-order valence-corrected chi connectivity index (χ0v) is 20.0. The highest BCUT2D eigenvalue weighted by Gasteiger charge is 2.44. The van der Waals surface area contributed by atoms with Gasteiger partial charge in [0.25, 0.3) is 5.91 Å². The summed E-state index contributed by atoms with van der Waals surface area (Å²) >= 11 is 3.56. The van der Waals surface area contributed by atoms with Crippen molar-refractivity contribution in [1.29, 1.82) is 0 Å². The van der Waals surface area contributed by atoms with Gasteiger partial charge in [-0.05, 0) is 48.2 Å². The third-order valence-electron chi connectivity index (χ3n) is 5.01. The van der Waals surface area contributed by atoms with E-state index in [9.17, 15) is 4.79 Å². The fourth-order valence-corrected chi connectivity index (χ4v) is 3.51. The van der Waals surface area contributed by atoms with Gasteiger partial charge in [-0.25, -0.2) is 0 Å². The van der Waals surface area contributed by atoms with Crippen LogP contribution in [-0.4, -0.2) is 32.5 Å². The molecule has 3 rings (SSSR count). The molecule has 5 nitrogen and oxygen atoms in total. The number of hydrogen-bond acceptors (Lipinski definition) is 2. The molecular weight excluding hydrogens is 531 g/mol. The molecule has 0 spiro atoms. The van der Waals surface area contributed by atoms with Crippen LogP contribution in [0.15, 0.2) is 58.0 Å². The maximum Gasteiger partial charge on any atom is 0.251 e. The number of aliphatic imine (C=N–C) groups is 1. The molecule has 0 unspecified atom stereocenters. The summed E-state index contributed by atoms with van der Waals surface area (Å²) in [5, 5.41) is 9.43. The second-order valence-electron chi connectivity index (χ2n) is 6.85. The van der Waals surface area contributed by atoms with Crippen LogP contribution in [0.1, 0.15) is 34.3 Å². The quantitative estimate of drug-likeness (QED) is 0.288. The van der Waals surface area contributed by atoms with E-state index < -0.39 is 0 Å². The average molecular weight is 557 g/mol. The molecule has 3 N–H and O–H groups in total. The summed E-state index contributed by atoms with van der Waals surface area (Å²) < 4.78 is 1.12. The van der Waals surface area contributed by atoms with Crippen molar-refractivity contribution in [3.05, 3.63) is 69.7 Å². The standard InChI is InChI=1S/C21H25BrN4O.HI/c1-23-19(27)16-8-6-15(7-9-16)13-25-20(24-2)26-14-21(10-11-21)17-4-3-5-18(22)12-17;/h3-9,12H,10-11,13-14H2,1-2H3,(H,23,27)(H2,24,25,26);1H. The zero-order valence-electron chi connectivity index (χ0n) is 16.1. The Kier molecular flexibility index (Phi) is 8.30. The summed E-state index contributed by atoms with van der Waals surface area (Å²) in [6, 6.07) is 16.1. The van der Waals surface area contributed by atoms with Crippen LogP contribution in [0, 0.1) is 0 Å². The molecule has 1 aliphatic carbocycles. The summed E-state index contributed by atoms with van der Waals surface area (Å²) in [5.74, 6) is 0.709. The number of carbonyl (C=O) groups is 1. The first-order chi connectivity index (χ1) is 13.1. The van der Waals surface area contributed by atoms with E-state index in [4.69, 9.17) is 0 Å². The monoisotopic (exact) mass is 556 g/mol. The Balaban J connectivity index is 0.00000280. The Labute approximate surface area is 191 Å². The molecule has 1 fully saturated rings. The number of amides is 1. The highest BCUT2D eigenvalue weighted by molar-refractivity contribution is 14.0. The van der Waals surface area contributed by atoms with Gasteiger partial charge < -0.3 is 16.0 Å². The normalized spacial score (nSPS) is 14.6. The van der Waals surface area contributed by atoms with Crippen LogP contribution in [0.4, 0.5) is 0 Å². The Hall–Kier alpha value is -1.61. The van der Waals surface area contributed by atoms with Gasteiger partial charge in [0, 0.05) is 42.6 Å². The lowest BCUT2D eigenvalue weighted by Gasteiger charge is -2.19. The van der Waals surface area contributed by atoms with E-state index in [-0.39, 0.29) is 35.3 Å². The van der Waals surface area contributed by atoms with Crippen molar-refractivity contribution in [2.45, 2.75) is 24.8 Å².